The monoisotopic (exact) mass is 762 g/mol. The lowest BCUT2D eigenvalue weighted by atomic mass is 9.79. The third kappa shape index (κ3) is 4.58. The minimum Gasteiger partial charge on any atom is -0.456 e. The fraction of sp³-hybridized carbons (Fsp3) is 0.0508. The van der Waals surface area contributed by atoms with Gasteiger partial charge in [0.1, 0.15) is 11.2 Å². The quantitative estimate of drug-likeness (QED) is 0.129. The Balaban J connectivity index is 1.01. The first-order valence-electron chi connectivity index (χ1n) is 21.0. The Morgan fingerprint density at radius 1 is 0.333 bits per heavy atom. The van der Waals surface area contributed by atoms with E-state index < -0.39 is 0 Å². The zero-order chi connectivity index (χ0) is 39.7. The Kier molecular flexibility index (Phi) is 6.85. The van der Waals surface area contributed by atoms with Gasteiger partial charge in [-0.05, 0) is 140 Å². The summed E-state index contributed by atoms with van der Waals surface area (Å²) in [5, 5.41) is 15.0. The fourth-order valence-electron chi connectivity index (χ4n) is 11.0. The molecule has 0 radical (unpaired) electrons. The zero-order valence-electron chi connectivity index (χ0n) is 33.4. The average Bonchev–Trinajstić information content (AvgIpc) is 3.79. The molecule has 280 valence electrons. The van der Waals surface area contributed by atoms with Crippen molar-refractivity contribution >= 4 is 75.8 Å². The normalized spacial score (nSPS) is 13.3. The van der Waals surface area contributed by atoms with E-state index >= 15 is 0 Å². The Morgan fingerprint density at radius 3 is 1.52 bits per heavy atom. The molecular formula is C59H38O. The molecule has 12 aromatic rings. The molecule has 11 aromatic carbocycles. The van der Waals surface area contributed by atoms with Crippen LogP contribution in [0.2, 0.25) is 0 Å². The Labute approximate surface area is 347 Å². The van der Waals surface area contributed by atoms with Gasteiger partial charge in [0, 0.05) is 16.2 Å². The number of benzene rings is 11. The molecule has 0 fully saturated rings. The molecule has 1 aliphatic rings. The van der Waals surface area contributed by atoms with Crippen LogP contribution in [0.4, 0.5) is 0 Å². The molecular weight excluding hydrogens is 725 g/mol. The third-order valence-electron chi connectivity index (χ3n) is 13.6. The molecule has 0 N–H and O–H groups in total. The van der Waals surface area contributed by atoms with Gasteiger partial charge in [-0.2, -0.15) is 0 Å². The van der Waals surface area contributed by atoms with Gasteiger partial charge in [-0.3, -0.25) is 0 Å². The summed E-state index contributed by atoms with van der Waals surface area (Å²) in [6.45, 7) is 4.80. The second-order valence-corrected chi connectivity index (χ2v) is 17.1. The van der Waals surface area contributed by atoms with Gasteiger partial charge in [0.2, 0.25) is 0 Å². The number of fused-ring (bicyclic) bond motifs is 15. The van der Waals surface area contributed by atoms with Crippen LogP contribution in [-0.4, -0.2) is 0 Å². The lowest BCUT2D eigenvalue weighted by Gasteiger charge is -2.24. The minimum atomic E-state index is -0.128. The van der Waals surface area contributed by atoms with Crippen molar-refractivity contribution < 1.29 is 4.42 Å². The van der Waals surface area contributed by atoms with Crippen molar-refractivity contribution in [1.29, 1.82) is 0 Å². The highest BCUT2D eigenvalue weighted by atomic mass is 16.3. The smallest absolute Gasteiger partial charge is 0.136 e. The van der Waals surface area contributed by atoms with Gasteiger partial charge in [-0.25, -0.2) is 0 Å². The third-order valence-corrected chi connectivity index (χ3v) is 13.6. The van der Waals surface area contributed by atoms with Crippen LogP contribution < -0.4 is 0 Å². The average molecular weight is 763 g/mol. The zero-order valence-corrected chi connectivity index (χ0v) is 33.4. The van der Waals surface area contributed by atoms with Crippen LogP contribution in [0.5, 0.6) is 0 Å². The summed E-state index contributed by atoms with van der Waals surface area (Å²) in [5.74, 6) is 0. The lowest BCUT2D eigenvalue weighted by Crippen LogP contribution is -2.15. The molecule has 0 aliphatic heterocycles. The van der Waals surface area contributed by atoms with Crippen LogP contribution in [0, 0.1) is 0 Å². The van der Waals surface area contributed by atoms with Crippen molar-refractivity contribution in [2.45, 2.75) is 19.3 Å². The predicted octanol–water partition coefficient (Wildman–Crippen LogP) is 16.7. The van der Waals surface area contributed by atoms with E-state index in [9.17, 15) is 0 Å². The van der Waals surface area contributed by atoms with Gasteiger partial charge < -0.3 is 4.42 Å². The minimum absolute atomic E-state index is 0.128. The maximum Gasteiger partial charge on any atom is 0.136 e. The molecule has 1 aromatic heterocycles. The standard InChI is InChI=1S/C59H38O/c1-59(2)51-29-26-37(33-49(51)57-43-20-7-5-18-41(43)42-19-6-12-25-48(42)58(57)59)36-15-13-16-38(32-36)54-44-21-8-10-23-46(44)55(47-24-11-9-22-45(47)54)39-28-30-52-50(34-39)56-40-17-4-3-14-35(40)27-31-53(56)60-52/h3-34H,1-2H3. The largest absolute Gasteiger partial charge is 0.456 e. The van der Waals surface area contributed by atoms with E-state index in [4.69, 9.17) is 4.42 Å². The molecule has 0 saturated heterocycles. The molecule has 1 heteroatoms. The molecule has 0 amide bonds. The van der Waals surface area contributed by atoms with Gasteiger partial charge in [-0.15, -0.1) is 0 Å². The van der Waals surface area contributed by atoms with Crippen LogP contribution in [0.3, 0.4) is 0 Å². The van der Waals surface area contributed by atoms with Crippen LogP contribution in [-0.2, 0) is 5.41 Å². The Hall–Kier alpha value is -7.48. The molecule has 0 spiro atoms. The molecule has 0 saturated carbocycles. The van der Waals surface area contributed by atoms with Gasteiger partial charge >= 0.3 is 0 Å². The van der Waals surface area contributed by atoms with Crippen LogP contribution >= 0.6 is 0 Å². The van der Waals surface area contributed by atoms with E-state index in [1.807, 2.05) is 0 Å². The summed E-state index contributed by atoms with van der Waals surface area (Å²) >= 11 is 0. The predicted molar refractivity (Wildman–Crippen MR) is 255 cm³/mol. The van der Waals surface area contributed by atoms with Gasteiger partial charge in [0.25, 0.3) is 0 Å². The van der Waals surface area contributed by atoms with Crippen molar-refractivity contribution in [2.75, 3.05) is 0 Å². The Morgan fingerprint density at radius 2 is 0.833 bits per heavy atom. The van der Waals surface area contributed by atoms with Crippen molar-refractivity contribution in [3.05, 3.63) is 205 Å². The van der Waals surface area contributed by atoms with E-state index in [0.717, 1.165) is 16.6 Å². The van der Waals surface area contributed by atoms with Crippen molar-refractivity contribution in [3.8, 4) is 44.5 Å². The summed E-state index contributed by atoms with van der Waals surface area (Å²) in [6, 6.07) is 71.9. The molecule has 0 unspecified atom stereocenters. The van der Waals surface area contributed by atoms with Crippen LogP contribution in [0.1, 0.15) is 25.0 Å². The number of hydrogen-bond acceptors (Lipinski definition) is 1. The van der Waals surface area contributed by atoms with Gasteiger partial charge in [-0.1, -0.05) is 178 Å². The van der Waals surface area contributed by atoms with E-state index in [2.05, 4.69) is 208 Å². The molecule has 0 atom stereocenters. The maximum atomic E-state index is 6.44. The first kappa shape index (κ1) is 33.5. The highest BCUT2D eigenvalue weighted by molar-refractivity contribution is 6.24. The second kappa shape index (κ2) is 12.3. The number of hydrogen-bond donors (Lipinski definition) is 0. The molecule has 1 aliphatic carbocycles. The summed E-state index contributed by atoms with van der Waals surface area (Å²) in [7, 11) is 0. The maximum absolute atomic E-state index is 6.44. The highest BCUT2D eigenvalue weighted by Gasteiger charge is 2.38. The van der Waals surface area contributed by atoms with E-state index in [-0.39, 0.29) is 5.41 Å². The van der Waals surface area contributed by atoms with Gasteiger partial charge in [0.05, 0.1) is 0 Å². The lowest BCUT2D eigenvalue weighted by molar-refractivity contribution is 0.666. The van der Waals surface area contributed by atoms with Crippen LogP contribution in [0.15, 0.2) is 199 Å². The van der Waals surface area contributed by atoms with Crippen molar-refractivity contribution in [3.63, 3.8) is 0 Å². The van der Waals surface area contributed by atoms with Crippen molar-refractivity contribution in [1.82, 2.24) is 0 Å². The molecule has 13 rings (SSSR count). The van der Waals surface area contributed by atoms with E-state index in [1.165, 1.54) is 115 Å². The highest BCUT2D eigenvalue weighted by Crippen LogP contribution is 2.55. The van der Waals surface area contributed by atoms with E-state index in [1.54, 1.807) is 0 Å². The summed E-state index contributed by atoms with van der Waals surface area (Å²) in [6.07, 6.45) is 0. The van der Waals surface area contributed by atoms with Crippen molar-refractivity contribution in [2.24, 2.45) is 0 Å². The fourth-order valence-corrected chi connectivity index (χ4v) is 11.0. The van der Waals surface area contributed by atoms with Crippen LogP contribution in [0.25, 0.3) is 120 Å². The summed E-state index contributed by atoms with van der Waals surface area (Å²) < 4.78 is 6.44. The molecule has 60 heavy (non-hydrogen) atoms. The van der Waals surface area contributed by atoms with E-state index in [0.29, 0.717) is 0 Å². The molecule has 1 heterocycles. The van der Waals surface area contributed by atoms with Gasteiger partial charge in [0.15, 0.2) is 0 Å². The SMILES string of the molecule is CC1(C)c2ccc(-c3cccc(-c4c5ccccc5c(-c5ccc6oc7ccc8ccccc8c7c6c5)c5ccccc45)c3)cc2-c2c1c1ccccc1c1ccccc21. The number of rotatable bonds is 3. The first-order chi connectivity index (χ1) is 29.5. The Bertz CT molecular complexity index is 3750. The molecule has 0 bridgehead atoms. The second-order valence-electron chi connectivity index (χ2n) is 17.1. The number of furan rings is 1. The summed E-state index contributed by atoms with van der Waals surface area (Å²) in [4.78, 5) is 0. The summed E-state index contributed by atoms with van der Waals surface area (Å²) in [5.41, 5.74) is 14.6. The molecule has 1 nitrogen and oxygen atoms in total. The first-order valence-corrected chi connectivity index (χ1v) is 21.0. The topological polar surface area (TPSA) is 13.1 Å².